The van der Waals surface area contributed by atoms with Crippen molar-refractivity contribution in [2.75, 3.05) is 13.1 Å². The molecule has 0 saturated heterocycles. The first-order chi connectivity index (χ1) is 20.9. The fourth-order valence-electron chi connectivity index (χ4n) is 4.49. The van der Waals surface area contributed by atoms with Gasteiger partial charge in [0, 0.05) is 20.2 Å². The number of hydrogen-bond acceptors (Lipinski definition) is 7. The van der Waals surface area contributed by atoms with Crippen molar-refractivity contribution in [1.82, 2.24) is 10.6 Å². The lowest BCUT2D eigenvalue weighted by molar-refractivity contribution is -0.133. The monoisotopic (exact) mass is 595 g/mol. The number of amides is 3. The number of aliphatic imine (C=N–C) groups is 1. The van der Waals surface area contributed by atoms with E-state index in [1.807, 2.05) is 30.3 Å². The number of rotatable bonds is 20. The maximum Gasteiger partial charge on any atom is 0.239 e. The van der Waals surface area contributed by atoms with Crippen LogP contribution in [-0.4, -0.2) is 60.7 Å². The van der Waals surface area contributed by atoms with E-state index in [1.54, 1.807) is 30.3 Å². The molecule has 0 saturated carbocycles. The van der Waals surface area contributed by atoms with Crippen molar-refractivity contribution in [1.29, 1.82) is 0 Å². The third-order valence-corrected chi connectivity index (χ3v) is 6.85. The molecule has 0 aliphatic heterocycles. The molecule has 0 spiro atoms. The molecule has 0 aromatic heterocycles. The lowest BCUT2D eigenvalue weighted by atomic mass is 9.89. The second kappa shape index (κ2) is 19.0. The fourth-order valence-corrected chi connectivity index (χ4v) is 4.49. The number of unbranched alkanes of at least 4 members (excludes halogenated alkanes) is 1. The Labute approximate surface area is 254 Å². The highest BCUT2D eigenvalue weighted by atomic mass is 16.2. The van der Waals surface area contributed by atoms with Gasteiger partial charge in [0.1, 0.15) is 6.04 Å². The Morgan fingerprint density at radius 3 is 1.88 bits per heavy atom. The van der Waals surface area contributed by atoms with Crippen LogP contribution in [0, 0.1) is 5.89 Å². The number of nitrogens with zero attached hydrogens (tertiary/aromatic N) is 1. The number of Topliss-reactive ketones (excluding diaryl/α,β-unsaturated/α-hetero) is 1. The Bertz CT molecular complexity index is 1240. The molecule has 12 N–H and O–H groups in total. The molecule has 2 rings (SSSR count). The molecule has 3 amide bonds. The average molecular weight is 596 g/mol. The van der Waals surface area contributed by atoms with E-state index in [-0.39, 0.29) is 38.2 Å². The van der Waals surface area contributed by atoms with E-state index < -0.39 is 53.9 Å². The molecule has 0 bridgehead atoms. The summed E-state index contributed by atoms with van der Waals surface area (Å²) in [5.74, 6) is -4.80. The zero-order valence-corrected chi connectivity index (χ0v) is 24.5. The summed E-state index contributed by atoms with van der Waals surface area (Å²) in [6, 6.07) is 15.0. The molecular weight excluding hydrogens is 548 g/mol. The molecule has 0 heterocycles. The van der Waals surface area contributed by atoms with Crippen LogP contribution in [0.3, 0.4) is 0 Å². The van der Waals surface area contributed by atoms with Crippen molar-refractivity contribution in [2.24, 2.45) is 39.6 Å². The third kappa shape index (κ3) is 13.5. The van der Waals surface area contributed by atoms with Crippen molar-refractivity contribution in [3.63, 3.8) is 0 Å². The Morgan fingerprint density at radius 2 is 1.33 bits per heavy atom. The van der Waals surface area contributed by atoms with E-state index in [4.69, 9.17) is 28.7 Å². The number of carbonyl (C=O) groups excluding carboxylic acids is 4. The minimum absolute atomic E-state index is 0.109. The Kier molecular flexibility index (Phi) is 14.7. The van der Waals surface area contributed by atoms with Crippen LogP contribution in [0.5, 0.6) is 0 Å². The fraction of sp³-hybridized carbons (Fsp3) is 0.452. The molecule has 0 aliphatic carbocycles. The number of nitrogens with one attached hydrogen (secondary N) is 2. The topological polar surface area (TPSA) is 235 Å². The maximum absolute atomic E-state index is 13.8. The Balaban J connectivity index is 2.30. The van der Waals surface area contributed by atoms with E-state index in [1.165, 1.54) is 0 Å². The van der Waals surface area contributed by atoms with Gasteiger partial charge < -0.3 is 39.3 Å². The smallest absolute Gasteiger partial charge is 0.239 e. The number of primary amides is 1. The largest absolute Gasteiger partial charge is 0.370 e. The molecule has 0 unspecified atom stereocenters. The lowest BCUT2D eigenvalue weighted by Gasteiger charge is -2.24. The molecule has 234 valence electrons. The minimum Gasteiger partial charge on any atom is -0.370 e. The van der Waals surface area contributed by atoms with Crippen LogP contribution in [-0.2, 0) is 32.0 Å². The number of ketones is 1. The van der Waals surface area contributed by atoms with E-state index in [2.05, 4.69) is 15.6 Å². The van der Waals surface area contributed by atoms with E-state index in [0.717, 1.165) is 5.56 Å². The molecule has 0 fully saturated rings. The van der Waals surface area contributed by atoms with E-state index in [0.29, 0.717) is 31.4 Å². The molecule has 43 heavy (non-hydrogen) atoms. The average Bonchev–Trinajstić information content (AvgIpc) is 2.98. The summed E-state index contributed by atoms with van der Waals surface area (Å²) in [6.45, 7) is 0.618. The van der Waals surface area contributed by atoms with Gasteiger partial charge in [0.15, 0.2) is 11.7 Å². The molecule has 2 aromatic rings. The van der Waals surface area contributed by atoms with Gasteiger partial charge in [-0.15, -0.1) is 0 Å². The summed E-state index contributed by atoms with van der Waals surface area (Å²) in [5.41, 5.74) is 29.6. The third-order valence-electron chi connectivity index (χ3n) is 6.85. The van der Waals surface area contributed by atoms with Crippen molar-refractivity contribution >= 4 is 29.5 Å². The van der Waals surface area contributed by atoms with Crippen molar-refractivity contribution < 1.29 is 20.5 Å². The lowest BCUT2D eigenvalue weighted by Crippen LogP contribution is -2.51. The molecule has 12 nitrogen and oxygen atoms in total. The molecule has 4 atom stereocenters. The summed E-state index contributed by atoms with van der Waals surface area (Å²) >= 11 is 0. The highest BCUT2D eigenvalue weighted by molar-refractivity contribution is 5.94. The maximum atomic E-state index is 13.8. The van der Waals surface area contributed by atoms with Crippen LogP contribution >= 0.6 is 0 Å². The Morgan fingerprint density at radius 1 is 0.767 bits per heavy atom. The molecular formula is C31H46N8O4. The van der Waals surface area contributed by atoms with Gasteiger partial charge in [-0.3, -0.25) is 24.2 Å². The van der Waals surface area contributed by atoms with Gasteiger partial charge in [-0.2, -0.15) is 0 Å². The van der Waals surface area contributed by atoms with Crippen molar-refractivity contribution in [3.05, 3.63) is 71.8 Å². The van der Waals surface area contributed by atoms with Crippen LogP contribution in [0.4, 0.5) is 0 Å². The number of nitrogens with two attached hydrogens (primary N) is 5. The zero-order valence-electron chi connectivity index (χ0n) is 25.5. The second-order valence-electron chi connectivity index (χ2n) is 10.4. The van der Waals surface area contributed by atoms with Gasteiger partial charge in [0.2, 0.25) is 17.7 Å². The zero-order chi connectivity index (χ0) is 32.5. The normalized spacial score (nSPS) is 14.7. The quantitative estimate of drug-likeness (QED) is 0.0624. The van der Waals surface area contributed by atoms with E-state index in [9.17, 15) is 20.5 Å². The van der Waals surface area contributed by atoms with E-state index >= 15 is 0 Å². The number of hydrogen-bond donors (Lipinski definition) is 7. The number of benzene rings is 2. The van der Waals surface area contributed by atoms with Gasteiger partial charge >= 0.3 is 0 Å². The summed E-state index contributed by atoms with van der Waals surface area (Å²) in [6.07, 6.45) is 1.47. The first kappa shape index (κ1) is 33.2. The van der Waals surface area contributed by atoms with Gasteiger partial charge in [0.25, 0.3) is 0 Å². The standard InChI is InChI=1S/C31H46N8O4/c32-16-8-7-14-26(28(34)41)39-29(42)23(18-21-10-3-1-4-11-21)20-27(40)25(15-9-17-37-31(35)36)38-30(43)24(33)19-22-12-5-2-6-13-22/h1-6,10-13,23-26H,7-9,14-20,32-33H2,(H2,34,41)(H,38,43)(H,39,42)(H4,35,36,37)/t23-,24+,25-,26+/m1/s1/i23D. The van der Waals surface area contributed by atoms with Crippen molar-refractivity contribution in [3.8, 4) is 0 Å². The first-order valence-electron chi connectivity index (χ1n) is 15.0. The summed E-state index contributed by atoms with van der Waals surface area (Å²) < 4.78 is 9.22. The van der Waals surface area contributed by atoms with Crippen LogP contribution in [0.25, 0.3) is 0 Å². The van der Waals surface area contributed by atoms with Crippen LogP contribution in [0.15, 0.2) is 65.7 Å². The van der Waals surface area contributed by atoms with Gasteiger partial charge in [-0.25, -0.2) is 0 Å². The first-order valence-corrected chi connectivity index (χ1v) is 14.5. The molecule has 12 heteroatoms. The number of guanidine groups is 1. The second-order valence-corrected chi connectivity index (χ2v) is 10.4. The molecule has 2 aromatic carbocycles. The van der Waals surface area contributed by atoms with Crippen LogP contribution in [0.1, 0.15) is 51.0 Å². The molecule has 0 aliphatic rings. The van der Waals surface area contributed by atoms with Crippen molar-refractivity contribution in [2.45, 2.75) is 69.5 Å². The van der Waals surface area contributed by atoms with Gasteiger partial charge in [0.05, 0.1) is 12.1 Å². The van der Waals surface area contributed by atoms with Gasteiger partial charge in [-0.05, 0) is 62.6 Å². The Hall–Kier alpha value is -4.29. The molecule has 0 radical (unpaired) electrons. The predicted octanol–water partition coefficient (Wildman–Crippen LogP) is 0.0120. The highest BCUT2D eigenvalue weighted by Gasteiger charge is 2.30. The summed E-state index contributed by atoms with van der Waals surface area (Å²) in [4.78, 5) is 56.5. The predicted molar refractivity (Wildman–Crippen MR) is 167 cm³/mol. The SMILES string of the molecule is [2H][C@](CC(=O)[C@@H](CCCN=C(N)N)NC(=O)[C@@H](N)Cc1ccccc1)(Cc1ccccc1)C(=O)N[C@@H](CCCCN)C(N)=O. The minimum atomic E-state index is -2.02. The van der Waals surface area contributed by atoms with Crippen LogP contribution < -0.4 is 39.3 Å². The number of carbonyl (C=O) groups is 4. The summed E-state index contributed by atoms with van der Waals surface area (Å²) in [5, 5.41) is 5.30. The van der Waals surface area contributed by atoms with Gasteiger partial charge in [-0.1, -0.05) is 60.7 Å². The van der Waals surface area contributed by atoms with Crippen LogP contribution in [0.2, 0.25) is 0 Å². The summed E-state index contributed by atoms with van der Waals surface area (Å²) in [7, 11) is 0. The highest BCUT2D eigenvalue weighted by Crippen LogP contribution is 2.17.